The van der Waals surface area contributed by atoms with E-state index in [0.717, 1.165) is 22.1 Å². The number of benzene rings is 3. The summed E-state index contributed by atoms with van der Waals surface area (Å²) in [6, 6.07) is 18.4. The lowest BCUT2D eigenvalue weighted by Gasteiger charge is -2.29. The molecule has 3 aromatic rings. The van der Waals surface area contributed by atoms with Crippen molar-refractivity contribution >= 4 is 51.7 Å². The molecule has 1 fully saturated rings. The molecule has 2 amide bonds. The number of para-hydroxylation sites is 2. The van der Waals surface area contributed by atoms with E-state index < -0.39 is 11.8 Å². The number of rotatable bonds is 5. The van der Waals surface area contributed by atoms with Gasteiger partial charge in [0.15, 0.2) is 5.11 Å². The lowest BCUT2D eigenvalue weighted by atomic mass is 10.00. The third kappa shape index (κ3) is 3.75. The van der Waals surface area contributed by atoms with E-state index >= 15 is 0 Å². The fourth-order valence-electron chi connectivity index (χ4n) is 3.55. The van der Waals surface area contributed by atoms with E-state index in [0.29, 0.717) is 18.0 Å². The zero-order chi connectivity index (χ0) is 22.0. The Kier molecular flexibility index (Phi) is 5.68. The summed E-state index contributed by atoms with van der Waals surface area (Å²) in [6.45, 7) is 2.46. The third-order valence-electron chi connectivity index (χ3n) is 4.95. The van der Waals surface area contributed by atoms with Crippen LogP contribution in [0.25, 0.3) is 16.8 Å². The molecular formula is C24H20N2O4S. The van der Waals surface area contributed by atoms with E-state index in [9.17, 15) is 9.59 Å². The summed E-state index contributed by atoms with van der Waals surface area (Å²) in [5, 5.41) is 4.39. The van der Waals surface area contributed by atoms with Gasteiger partial charge in [-0.1, -0.05) is 42.5 Å². The van der Waals surface area contributed by atoms with Crippen LogP contribution >= 0.6 is 12.2 Å². The van der Waals surface area contributed by atoms with Crippen LogP contribution in [0.15, 0.2) is 66.2 Å². The molecule has 1 aliphatic heterocycles. The Bertz CT molecular complexity index is 1240. The van der Waals surface area contributed by atoms with Crippen molar-refractivity contribution < 1.29 is 19.1 Å². The van der Waals surface area contributed by atoms with Crippen molar-refractivity contribution in [1.82, 2.24) is 5.32 Å². The number of carbonyl (C=O) groups excluding carboxylic acids is 2. The lowest BCUT2D eigenvalue weighted by molar-refractivity contribution is -0.122. The maximum atomic E-state index is 13.4. The van der Waals surface area contributed by atoms with Crippen LogP contribution < -0.4 is 19.7 Å². The maximum Gasteiger partial charge on any atom is 0.270 e. The van der Waals surface area contributed by atoms with Crippen molar-refractivity contribution in [2.45, 2.75) is 6.92 Å². The molecule has 1 N–H and O–H groups in total. The van der Waals surface area contributed by atoms with Crippen LogP contribution in [0.5, 0.6) is 11.5 Å². The second-order valence-electron chi connectivity index (χ2n) is 6.76. The number of ether oxygens (including phenoxy) is 2. The van der Waals surface area contributed by atoms with Gasteiger partial charge in [0, 0.05) is 5.39 Å². The van der Waals surface area contributed by atoms with Crippen LogP contribution in [0.2, 0.25) is 0 Å². The number of nitrogens with zero attached hydrogens (tertiary/aromatic N) is 1. The number of hydrogen-bond acceptors (Lipinski definition) is 5. The monoisotopic (exact) mass is 432 g/mol. The van der Waals surface area contributed by atoms with E-state index in [4.69, 9.17) is 21.7 Å². The van der Waals surface area contributed by atoms with Gasteiger partial charge >= 0.3 is 0 Å². The molecule has 6 nitrogen and oxygen atoms in total. The highest BCUT2D eigenvalue weighted by Gasteiger charge is 2.35. The van der Waals surface area contributed by atoms with Gasteiger partial charge in [0.1, 0.15) is 17.1 Å². The Hall–Kier alpha value is -3.71. The number of anilines is 1. The molecule has 31 heavy (non-hydrogen) atoms. The third-order valence-corrected chi connectivity index (χ3v) is 5.23. The maximum absolute atomic E-state index is 13.4. The minimum atomic E-state index is -0.542. The fraction of sp³-hybridized carbons (Fsp3) is 0.125. The predicted octanol–water partition coefficient (Wildman–Crippen LogP) is 4.08. The standard InChI is InChI=1S/C24H20N2O4S/c1-3-30-20-13-12-15(16-8-4-5-9-17(16)20)14-18-22(27)25-24(31)26(23(18)28)19-10-6-7-11-21(19)29-2/h4-14H,3H2,1-2H3,(H,25,27,31)/b18-14+. The zero-order valence-corrected chi connectivity index (χ0v) is 17.9. The van der Waals surface area contributed by atoms with Crippen molar-refractivity contribution in [2.24, 2.45) is 0 Å². The molecule has 156 valence electrons. The summed E-state index contributed by atoms with van der Waals surface area (Å²) in [6.07, 6.45) is 1.58. The molecule has 0 aromatic heterocycles. The van der Waals surface area contributed by atoms with Gasteiger partial charge in [-0.3, -0.25) is 14.9 Å². The molecule has 4 rings (SSSR count). The van der Waals surface area contributed by atoms with E-state index in [1.165, 1.54) is 12.0 Å². The van der Waals surface area contributed by atoms with Crippen molar-refractivity contribution in [3.05, 3.63) is 71.8 Å². The molecule has 0 atom stereocenters. The Morgan fingerprint density at radius 2 is 1.68 bits per heavy atom. The molecule has 7 heteroatoms. The molecule has 0 bridgehead atoms. The summed E-state index contributed by atoms with van der Waals surface area (Å²) in [7, 11) is 1.51. The minimum Gasteiger partial charge on any atom is -0.495 e. The molecule has 1 aliphatic rings. The van der Waals surface area contributed by atoms with Gasteiger partial charge in [-0.05, 0) is 54.4 Å². The van der Waals surface area contributed by atoms with Crippen molar-refractivity contribution in [2.75, 3.05) is 18.6 Å². The fourth-order valence-corrected chi connectivity index (χ4v) is 3.82. The highest BCUT2D eigenvalue weighted by molar-refractivity contribution is 7.80. The molecular weight excluding hydrogens is 412 g/mol. The molecule has 0 radical (unpaired) electrons. The van der Waals surface area contributed by atoms with Gasteiger partial charge in [0.25, 0.3) is 11.8 Å². The van der Waals surface area contributed by atoms with Gasteiger partial charge < -0.3 is 9.47 Å². The first-order chi connectivity index (χ1) is 15.0. The molecule has 3 aromatic carbocycles. The summed E-state index contributed by atoms with van der Waals surface area (Å²) in [4.78, 5) is 27.3. The van der Waals surface area contributed by atoms with E-state index in [-0.39, 0.29) is 10.7 Å². The van der Waals surface area contributed by atoms with Gasteiger partial charge in [0.2, 0.25) is 0 Å². The van der Waals surface area contributed by atoms with Gasteiger partial charge in [-0.25, -0.2) is 4.90 Å². The smallest absolute Gasteiger partial charge is 0.270 e. The first-order valence-corrected chi connectivity index (χ1v) is 10.1. The topological polar surface area (TPSA) is 67.9 Å². The number of hydrogen-bond donors (Lipinski definition) is 1. The summed E-state index contributed by atoms with van der Waals surface area (Å²) in [5.41, 5.74) is 1.17. The Labute approximate surface area is 185 Å². The molecule has 0 unspecified atom stereocenters. The van der Waals surface area contributed by atoms with Crippen LogP contribution in [0.3, 0.4) is 0 Å². The minimum absolute atomic E-state index is 0.00759. The number of fused-ring (bicyclic) bond motifs is 1. The van der Waals surface area contributed by atoms with E-state index in [1.54, 1.807) is 30.3 Å². The number of thiocarbonyl (C=S) groups is 1. The number of nitrogens with one attached hydrogen (secondary N) is 1. The van der Waals surface area contributed by atoms with Crippen molar-refractivity contribution in [1.29, 1.82) is 0 Å². The molecule has 0 spiro atoms. The number of carbonyl (C=O) groups is 2. The second-order valence-corrected chi connectivity index (χ2v) is 7.15. The first kappa shape index (κ1) is 20.6. The number of amides is 2. The van der Waals surface area contributed by atoms with E-state index in [2.05, 4.69) is 5.32 Å². The molecule has 0 aliphatic carbocycles. The average molecular weight is 433 g/mol. The quantitative estimate of drug-likeness (QED) is 0.374. The Balaban J connectivity index is 1.82. The Morgan fingerprint density at radius 3 is 2.42 bits per heavy atom. The van der Waals surface area contributed by atoms with E-state index in [1.807, 2.05) is 43.3 Å². The predicted molar refractivity (Wildman–Crippen MR) is 124 cm³/mol. The zero-order valence-electron chi connectivity index (χ0n) is 17.0. The van der Waals surface area contributed by atoms with Gasteiger partial charge in [-0.15, -0.1) is 0 Å². The van der Waals surface area contributed by atoms with Gasteiger partial charge in [-0.2, -0.15) is 0 Å². The molecule has 1 heterocycles. The first-order valence-electron chi connectivity index (χ1n) is 9.74. The van der Waals surface area contributed by atoms with Crippen molar-refractivity contribution in [3.8, 4) is 11.5 Å². The second kappa shape index (κ2) is 8.57. The van der Waals surface area contributed by atoms with Crippen LogP contribution in [0.4, 0.5) is 5.69 Å². The number of methoxy groups -OCH3 is 1. The van der Waals surface area contributed by atoms with Crippen molar-refractivity contribution in [3.63, 3.8) is 0 Å². The molecule has 1 saturated heterocycles. The largest absolute Gasteiger partial charge is 0.495 e. The average Bonchev–Trinajstić information content (AvgIpc) is 2.78. The van der Waals surface area contributed by atoms with Crippen LogP contribution in [0, 0.1) is 0 Å². The van der Waals surface area contributed by atoms with Crippen LogP contribution in [-0.4, -0.2) is 30.6 Å². The SMILES string of the molecule is CCOc1ccc(/C=C2\C(=O)NC(=S)N(c3ccccc3OC)C2=O)c2ccccc12. The Morgan fingerprint density at radius 1 is 0.968 bits per heavy atom. The van der Waals surface area contributed by atoms with Gasteiger partial charge in [0.05, 0.1) is 19.4 Å². The normalized spacial score (nSPS) is 15.4. The van der Waals surface area contributed by atoms with Crippen LogP contribution in [0.1, 0.15) is 12.5 Å². The highest BCUT2D eigenvalue weighted by atomic mass is 32.1. The lowest BCUT2D eigenvalue weighted by Crippen LogP contribution is -2.54. The highest BCUT2D eigenvalue weighted by Crippen LogP contribution is 2.33. The summed E-state index contributed by atoms with van der Waals surface area (Å²) >= 11 is 5.29. The summed E-state index contributed by atoms with van der Waals surface area (Å²) in [5.74, 6) is 0.159. The van der Waals surface area contributed by atoms with Crippen LogP contribution in [-0.2, 0) is 9.59 Å². The molecule has 0 saturated carbocycles. The summed E-state index contributed by atoms with van der Waals surface area (Å²) < 4.78 is 11.1.